The number of ether oxygens (including phenoxy) is 1. The van der Waals surface area contributed by atoms with E-state index in [1.54, 1.807) is 13.2 Å². The summed E-state index contributed by atoms with van der Waals surface area (Å²) < 4.78 is 11.2. The number of furan rings is 1. The van der Waals surface area contributed by atoms with Gasteiger partial charge in [0.1, 0.15) is 5.58 Å². The molecule has 0 aliphatic heterocycles. The number of hydrogen-bond donors (Lipinski definition) is 0. The average molecular weight is 283 g/mol. The lowest BCUT2D eigenvalue weighted by Gasteiger charge is -1.99. The highest BCUT2D eigenvalue weighted by Gasteiger charge is 2.11. The van der Waals surface area contributed by atoms with Crippen LogP contribution in [0.5, 0.6) is 0 Å². The van der Waals surface area contributed by atoms with Crippen molar-refractivity contribution in [3.05, 3.63) is 34.5 Å². The summed E-state index contributed by atoms with van der Waals surface area (Å²) >= 11 is 3.39. The molecule has 0 saturated carbocycles. The third kappa shape index (κ3) is 2.27. The SMILES string of the molecule is CCOC(=O)Cc1coc2ccc(Br)cc12. The molecule has 84 valence electrons. The van der Waals surface area contributed by atoms with Gasteiger partial charge in [-0.1, -0.05) is 15.9 Å². The lowest BCUT2D eigenvalue weighted by Crippen LogP contribution is -2.06. The number of halogens is 1. The molecule has 0 fully saturated rings. The largest absolute Gasteiger partial charge is 0.466 e. The van der Waals surface area contributed by atoms with E-state index >= 15 is 0 Å². The van der Waals surface area contributed by atoms with Crippen molar-refractivity contribution in [1.29, 1.82) is 0 Å². The zero-order chi connectivity index (χ0) is 11.5. The molecular formula is C12H11BrO3. The Morgan fingerprint density at radius 1 is 1.50 bits per heavy atom. The fourth-order valence-electron chi connectivity index (χ4n) is 1.56. The topological polar surface area (TPSA) is 39.4 Å². The first-order valence-corrected chi connectivity index (χ1v) is 5.81. The average Bonchev–Trinajstić information content (AvgIpc) is 2.61. The van der Waals surface area contributed by atoms with Crippen LogP contribution >= 0.6 is 15.9 Å². The zero-order valence-electron chi connectivity index (χ0n) is 8.83. The summed E-state index contributed by atoms with van der Waals surface area (Å²) in [6.45, 7) is 2.19. The maximum Gasteiger partial charge on any atom is 0.310 e. The number of carbonyl (C=O) groups excluding carboxylic acids is 1. The van der Waals surface area contributed by atoms with E-state index in [0.717, 1.165) is 21.0 Å². The molecule has 3 nitrogen and oxygen atoms in total. The van der Waals surface area contributed by atoms with Gasteiger partial charge >= 0.3 is 5.97 Å². The molecule has 1 aromatic carbocycles. The molecule has 0 spiro atoms. The van der Waals surface area contributed by atoms with Gasteiger partial charge in [0.2, 0.25) is 0 Å². The summed E-state index contributed by atoms with van der Waals surface area (Å²) in [5, 5.41) is 0.947. The molecule has 16 heavy (non-hydrogen) atoms. The Balaban J connectivity index is 2.30. The minimum atomic E-state index is -0.231. The minimum absolute atomic E-state index is 0.231. The molecule has 0 atom stereocenters. The van der Waals surface area contributed by atoms with Crippen LogP contribution in [-0.4, -0.2) is 12.6 Å². The Bertz CT molecular complexity index is 516. The summed E-state index contributed by atoms with van der Waals surface area (Å²) in [7, 11) is 0. The van der Waals surface area contributed by atoms with Gasteiger partial charge < -0.3 is 9.15 Å². The molecule has 0 N–H and O–H groups in total. The van der Waals surface area contributed by atoms with Gasteiger partial charge in [-0.15, -0.1) is 0 Å². The molecule has 0 amide bonds. The molecule has 1 aromatic heterocycles. The van der Waals surface area contributed by atoms with E-state index in [-0.39, 0.29) is 12.4 Å². The number of benzene rings is 1. The van der Waals surface area contributed by atoms with E-state index in [9.17, 15) is 4.79 Å². The van der Waals surface area contributed by atoms with Crippen molar-refractivity contribution in [3.63, 3.8) is 0 Å². The second-order valence-corrected chi connectivity index (χ2v) is 4.30. The molecule has 0 unspecified atom stereocenters. The van der Waals surface area contributed by atoms with E-state index in [0.29, 0.717) is 6.61 Å². The highest BCUT2D eigenvalue weighted by atomic mass is 79.9. The second-order valence-electron chi connectivity index (χ2n) is 3.38. The summed E-state index contributed by atoms with van der Waals surface area (Å²) in [4.78, 5) is 11.4. The van der Waals surface area contributed by atoms with Crippen LogP contribution in [0.15, 0.2) is 33.4 Å². The Morgan fingerprint density at radius 3 is 3.06 bits per heavy atom. The standard InChI is InChI=1S/C12H11BrO3/c1-2-15-12(14)5-8-7-16-11-4-3-9(13)6-10(8)11/h3-4,6-7H,2,5H2,1H3. The predicted molar refractivity (Wildman–Crippen MR) is 64.3 cm³/mol. The smallest absolute Gasteiger partial charge is 0.310 e. The van der Waals surface area contributed by atoms with Crippen molar-refractivity contribution in [2.45, 2.75) is 13.3 Å². The van der Waals surface area contributed by atoms with Gasteiger partial charge in [0.05, 0.1) is 19.3 Å². The monoisotopic (exact) mass is 282 g/mol. The highest BCUT2D eigenvalue weighted by molar-refractivity contribution is 9.10. The van der Waals surface area contributed by atoms with Gasteiger partial charge in [0.25, 0.3) is 0 Å². The number of rotatable bonds is 3. The maximum absolute atomic E-state index is 11.4. The minimum Gasteiger partial charge on any atom is -0.466 e. The van der Waals surface area contributed by atoms with Gasteiger partial charge in [0, 0.05) is 15.4 Å². The lowest BCUT2D eigenvalue weighted by molar-refractivity contribution is -0.142. The third-order valence-electron chi connectivity index (χ3n) is 2.26. The van der Waals surface area contributed by atoms with E-state index in [1.807, 2.05) is 18.2 Å². The van der Waals surface area contributed by atoms with E-state index < -0.39 is 0 Å². The number of carbonyl (C=O) groups is 1. The third-order valence-corrected chi connectivity index (χ3v) is 2.75. The van der Waals surface area contributed by atoms with Crippen LogP contribution in [0.3, 0.4) is 0 Å². The van der Waals surface area contributed by atoms with Gasteiger partial charge in [-0.25, -0.2) is 0 Å². The fourth-order valence-corrected chi connectivity index (χ4v) is 1.92. The van der Waals surface area contributed by atoms with Gasteiger partial charge in [-0.3, -0.25) is 4.79 Å². The number of esters is 1. The van der Waals surface area contributed by atoms with Gasteiger partial charge in [-0.05, 0) is 25.1 Å². The van der Waals surface area contributed by atoms with Crippen molar-refractivity contribution >= 4 is 32.9 Å². The van der Waals surface area contributed by atoms with Gasteiger partial charge in [-0.2, -0.15) is 0 Å². The fraction of sp³-hybridized carbons (Fsp3) is 0.250. The van der Waals surface area contributed by atoms with Crippen LogP contribution in [-0.2, 0) is 16.0 Å². The first kappa shape index (κ1) is 11.2. The first-order valence-electron chi connectivity index (χ1n) is 5.02. The maximum atomic E-state index is 11.4. The molecule has 0 aliphatic rings. The van der Waals surface area contributed by atoms with Crippen LogP contribution in [0.4, 0.5) is 0 Å². The second kappa shape index (κ2) is 4.70. The summed E-state index contributed by atoms with van der Waals surface area (Å²) in [6, 6.07) is 5.71. The van der Waals surface area contributed by atoms with Gasteiger partial charge in [0.15, 0.2) is 0 Å². The van der Waals surface area contributed by atoms with Crippen molar-refractivity contribution in [3.8, 4) is 0 Å². The van der Waals surface area contributed by atoms with Crippen molar-refractivity contribution in [2.75, 3.05) is 6.61 Å². The zero-order valence-corrected chi connectivity index (χ0v) is 10.4. The summed E-state index contributed by atoms with van der Waals surface area (Å²) in [5.74, 6) is -0.231. The number of hydrogen-bond acceptors (Lipinski definition) is 3. The molecule has 0 aliphatic carbocycles. The molecule has 0 saturated heterocycles. The van der Waals surface area contributed by atoms with Crippen LogP contribution < -0.4 is 0 Å². The van der Waals surface area contributed by atoms with Crippen molar-refractivity contribution in [2.24, 2.45) is 0 Å². The molecule has 2 rings (SSSR count). The summed E-state index contributed by atoms with van der Waals surface area (Å²) in [6.07, 6.45) is 1.85. The molecular weight excluding hydrogens is 272 g/mol. The van der Waals surface area contributed by atoms with E-state index in [1.165, 1.54) is 0 Å². The molecule has 0 bridgehead atoms. The van der Waals surface area contributed by atoms with E-state index in [4.69, 9.17) is 9.15 Å². The molecule has 2 aromatic rings. The summed E-state index contributed by atoms with van der Waals surface area (Å²) in [5.41, 5.74) is 1.64. The quantitative estimate of drug-likeness (QED) is 0.811. The predicted octanol–water partition coefficient (Wildman–Crippen LogP) is 3.30. The Morgan fingerprint density at radius 2 is 2.31 bits per heavy atom. The Labute approximate surface area is 102 Å². The lowest BCUT2D eigenvalue weighted by atomic mass is 10.1. The molecule has 1 heterocycles. The Kier molecular flexibility index (Phi) is 3.29. The normalized spacial score (nSPS) is 10.6. The van der Waals surface area contributed by atoms with Crippen LogP contribution in [0.2, 0.25) is 0 Å². The molecule has 4 heteroatoms. The van der Waals surface area contributed by atoms with Crippen molar-refractivity contribution in [1.82, 2.24) is 0 Å². The van der Waals surface area contributed by atoms with Crippen LogP contribution in [0.1, 0.15) is 12.5 Å². The van der Waals surface area contributed by atoms with Crippen LogP contribution in [0.25, 0.3) is 11.0 Å². The van der Waals surface area contributed by atoms with Crippen LogP contribution in [0, 0.1) is 0 Å². The molecule has 0 radical (unpaired) electrons. The van der Waals surface area contributed by atoms with Crippen molar-refractivity contribution < 1.29 is 13.9 Å². The number of fused-ring (bicyclic) bond motifs is 1. The highest BCUT2D eigenvalue weighted by Crippen LogP contribution is 2.25. The Hall–Kier alpha value is -1.29. The van der Waals surface area contributed by atoms with E-state index in [2.05, 4.69) is 15.9 Å². The first-order chi connectivity index (χ1) is 7.70.